The molecule has 4 heteroatoms. The number of nitrogens with one attached hydrogen (secondary N) is 1. The Morgan fingerprint density at radius 2 is 1.90 bits per heavy atom. The van der Waals surface area contributed by atoms with Crippen LogP contribution in [-0.4, -0.2) is 6.54 Å². The fraction of sp³-hybridized carbons (Fsp3) is 0.294. The Morgan fingerprint density at radius 3 is 2.62 bits per heavy atom. The molecule has 0 fully saturated rings. The van der Waals surface area contributed by atoms with Gasteiger partial charge in [-0.25, -0.2) is 4.39 Å². The van der Waals surface area contributed by atoms with Crippen molar-refractivity contribution in [2.75, 3.05) is 6.54 Å². The quantitative estimate of drug-likeness (QED) is 0.757. The van der Waals surface area contributed by atoms with Gasteiger partial charge in [-0.05, 0) is 36.7 Å². The molecule has 0 heterocycles. The van der Waals surface area contributed by atoms with E-state index in [9.17, 15) is 4.39 Å². The molecule has 0 amide bonds. The van der Waals surface area contributed by atoms with Crippen molar-refractivity contribution in [2.45, 2.75) is 26.5 Å². The van der Waals surface area contributed by atoms with Crippen molar-refractivity contribution in [1.29, 1.82) is 0 Å². The van der Waals surface area contributed by atoms with Gasteiger partial charge in [0.1, 0.15) is 18.2 Å². The van der Waals surface area contributed by atoms with E-state index >= 15 is 0 Å². The van der Waals surface area contributed by atoms with Gasteiger partial charge in [0, 0.05) is 12.1 Å². The van der Waals surface area contributed by atoms with Crippen molar-refractivity contribution in [3.8, 4) is 5.75 Å². The van der Waals surface area contributed by atoms with Gasteiger partial charge >= 0.3 is 0 Å². The van der Waals surface area contributed by atoms with Crippen LogP contribution in [0.2, 0.25) is 5.02 Å². The van der Waals surface area contributed by atoms with Crippen LogP contribution >= 0.6 is 11.6 Å². The number of rotatable bonds is 7. The van der Waals surface area contributed by atoms with Crippen molar-refractivity contribution in [2.24, 2.45) is 0 Å². The maximum Gasteiger partial charge on any atom is 0.142 e. The molecule has 0 aliphatic heterocycles. The first-order chi connectivity index (χ1) is 10.2. The van der Waals surface area contributed by atoms with Crippen LogP contribution < -0.4 is 10.1 Å². The molecule has 0 radical (unpaired) electrons. The Morgan fingerprint density at radius 1 is 1.14 bits per heavy atom. The molecule has 0 atom stereocenters. The van der Waals surface area contributed by atoms with Crippen molar-refractivity contribution >= 4 is 11.6 Å². The Balaban J connectivity index is 2.05. The van der Waals surface area contributed by atoms with E-state index < -0.39 is 0 Å². The standard InChI is InChI=1S/C17H19ClFNO/c1-2-10-20-11-14-4-3-5-16(18)17(14)21-12-13-6-8-15(19)9-7-13/h3-9,20H,2,10-12H2,1H3. The molecule has 2 rings (SSSR count). The van der Waals surface area contributed by atoms with E-state index in [2.05, 4.69) is 12.2 Å². The molecule has 2 aromatic carbocycles. The lowest BCUT2D eigenvalue weighted by molar-refractivity contribution is 0.302. The lowest BCUT2D eigenvalue weighted by Crippen LogP contribution is -2.14. The molecule has 0 spiro atoms. The summed E-state index contributed by atoms with van der Waals surface area (Å²) in [4.78, 5) is 0. The van der Waals surface area contributed by atoms with Gasteiger partial charge < -0.3 is 10.1 Å². The summed E-state index contributed by atoms with van der Waals surface area (Å²) < 4.78 is 18.7. The molecule has 0 aliphatic carbocycles. The summed E-state index contributed by atoms with van der Waals surface area (Å²) in [6, 6.07) is 12.0. The Hall–Kier alpha value is -1.58. The minimum absolute atomic E-state index is 0.249. The van der Waals surface area contributed by atoms with E-state index in [-0.39, 0.29) is 5.82 Å². The largest absolute Gasteiger partial charge is 0.487 e. The zero-order chi connectivity index (χ0) is 15.1. The summed E-state index contributed by atoms with van der Waals surface area (Å²) in [6.07, 6.45) is 1.08. The topological polar surface area (TPSA) is 21.3 Å². The number of hydrogen-bond donors (Lipinski definition) is 1. The number of hydrogen-bond acceptors (Lipinski definition) is 2. The van der Waals surface area contributed by atoms with Gasteiger partial charge in [0.2, 0.25) is 0 Å². The van der Waals surface area contributed by atoms with Crippen molar-refractivity contribution in [3.63, 3.8) is 0 Å². The molecule has 0 saturated carbocycles. The average Bonchev–Trinajstić information content (AvgIpc) is 2.48. The summed E-state index contributed by atoms with van der Waals surface area (Å²) in [5.74, 6) is 0.438. The van der Waals surface area contributed by atoms with Crippen molar-refractivity contribution in [3.05, 3.63) is 64.4 Å². The van der Waals surface area contributed by atoms with Crippen LogP contribution in [0.3, 0.4) is 0 Å². The molecule has 21 heavy (non-hydrogen) atoms. The third kappa shape index (κ3) is 4.73. The summed E-state index contributed by atoms with van der Waals surface area (Å²) in [6.45, 7) is 4.15. The fourth-order valence-electron chi connectivity index (χ4n) is 1.99. The van der Waals surface area contributed by atoms with Gasteiger partial charge in [-0.1, -0.05) is 42.8 Å². The summed E-state index contributed by atoms with van der Waals surface area (Å²) in [5.41, 5.74) is 1.93. The molecule has 0 saturated heterocycles. The number of halogens is 2. The third-order valence-electron chi connectivity index (χ3n) is 3.09. The molecule has 2 aromatic rings. The predicted molar refractivity (Wildman–Crippen MR) is 84.2 cm³/mol. The van der Waals surface area contributed by atoms with Gasteiger partial charge in [0.25, 0.3) is 0 Å². The van der Waals surface area contributed by atoms with Gasteiger partial charge in [-0.15, -0.1) is 0 Å². The smallest absolute Gasteiger partial charge is 0.142 e. The highest BCUT2D eigenvalue weighted by atomic mass is 35.5. The van der Waals surface area contributed by atoms with Crippen LogP contribution in [0.5, 0.6) is 5.75 Å². The highest BCUT2D eigenvalue weighted by Crippen LogP contribution is 2.29. The fourth-order valence-corrected chi connectivity index (χ4v) is 2.24. The molecule has 0 unspecified atom stereocenters. The lowest BCUT2D eigenvalue weighted by Gasteiger charge is -2.14. The molecule has 112 valence electrons. The minimum atomic E-state index is -0.249. The van der Waals surface area contributed by atoms with Gasteiger partial charge in [-0.2, -0.15) is 0 Å². The Kier molecular flexibility index (Phi) is 6.03. The number of ether oxygens (including phenoxy) is 1. The van der Waals surface area contributed by atoms with Crippen LogP contribution in [0, 0.1) is 5.82 Å². The predicted octanol–water partition coefficient (Wildman–Crippen LogP) is 4.56. The van der Waals surface area contributed by atoms with Gasteiger partial charge in [0.15, 0.2) is 0 Å². The molecule has 0 bridgehead atoms. The van der Waals surface area contributed by atoms with E-state index in [1.54, 1.807) is 12.1 Å². The summed E-state index contributed by atoms with van der Waals surface area (Å²) in [7, 11) is 0. The number of para-hydroxylation sites is 1. The Labute approximate surface area is 129 Å². The zero-order valence-electron chi connectivity index (χ0n) is 12.0. The van der Waals surface area contributed by atoms with Crippen LogP contribution in [0.4, 0.5) is 4.39 Å². The van der Waals surface area contributed by atoms with Gasteiger partial charge in [-0.3, -0.25) is 0 Å². The molecule has 1 N–H and O–H groups in total. The second-order valence-corrected chi connectivity index (χ2v) is 5.23. The molecular weight excluding hydrogens is 289 g/mol. The van der Waals surface area contributed by atoms with E-state index in [4.69, 9.17) is 16.3 Å². The third-order valence-corrected chi connectivity index (χ3v) is 3.38. The van der Waals surface area contributed by atoms with E-state index in [0.29, 0.717) is 23.9 Å². The second kappa shape index (κ2) is 8.01. The maximum absolute atomic E-state index is 12.9. The number of benzene rings is 2. The molecule has 0 aliphatic rings. The van der Waals surface area contributed by atoms with Crippen LogP contribution in [0.25, 0.3) is 0 Å². The van der Waals surface area contributed by atoms with Crippen LogP contribution in [0.1, 0.15) is 24.5 Å². The highest BCUT2D eigenvalue weighted by molar-refractivity contribution is 6.32. The molecule has 2 nitrogen and oxygen atoms in total. The molecular formula is C17H19ClFNO. The average molecular weight is 308 g/mol. The maximum atomic E-state index is 12.9. The zero-order valence-corrected chi connectivity index (χ0v) is 12.8. The molecule has 0 aromatic heterocycles. The van der Waals surface area contributed by atoms with Crippen LogP contribution in [-0.2, 0) is 13.2 Å². The second-order valence-electron chi connectivity index (χ2n) is 4.82. The van der Waals surface area contributed by atoms with Crippen LogP contribution in [0.15, 0.2) is 42.5 Å². The van der Waals surface area contributed by atoms with Gasteiger partial charge in [0.05, 0.1) is 5.02 Å². The van der Waals surface area contributed by atoms with Crippen molar-refractivity contribution in [1.82, 2.24) is 5.32 Å². The first kappa shape index (κ1) is 15.8. The normalized spacial score (nSPS) is 10.6. The summed E-state index contributed by atoms with van der Waals surface area (Å²) in [5, 5.41) is 3.93. The first-order valence-corrected chi connectivity index (χ1v) is 7.44. The van der Waals surface area contributed by atoms with E-state index in [0.717, 1.165) is 24.1 Å². The highest BCUT2D eigenvalue weighted by Gasteiger charge is 2.08. The monoisotopic (exact) mass is 307 g/mol. The lowest BCUT2D eigenvalue weighted by atomic mass is 10.2. The minimum Gasteiger partial charge on any atom is -0.487 e. The SMILES string of the molecule is CCCNCc1cccc(Cl)c1OCc1ccc(F)cc1. The van der Waals surface area contributed by atoms with Crippen molar-refractivity contribution < 1.29 is 9.13 Å². The summed E-state index contributed by atoms with van der Waals surface area (Å²) >= 11 is 6.22. The van der Waals surface area contributed by atoms with E-state index in [1.165, 1.54) is 12.1 Å². The first-order valence-electron chi connectivity index (χ1n) is 7.06. The van der Waals surface area contributed by atoms with E-state index in [1.807, 2.05) is 18.2 Å². The Bertz CT molecular complexity index is 572.